The van der Waals surface area contributed by atoms with Gasteiger partial charge in [-0.25, -0.2) is 0 Å². The molecule has 0 aliphatic heterocycles. The number of amides is 2. The summed E-state index contributed by atoms with van der Waals surface area (Å²) in [5.74, 6) is 0.434. The van der Waals surface area contributed by atoms with Crippen LogP contribution in [0, 0.1) is 5.92 Å². The Balaban J connectivity index is 2.61. The molecule has 0 saturated heterocycles. The van der Waals surface area contributed by atoms with E-state index >= 15 is 0 Å². The van der Waals surface area contributed by atoms with E-state index in [2.05, 4.69) is 24.5 Å². The molecule has 1 aromatic carbocycles. The molecule has 1 unspecified atom stereocenters. The number of likely N-dealkylation sites (N-methyl/N-ethyl adjacent to an activating group) is 1. The zero-order valence-corrected chi connectivity index (χ0v) is 14.1. The number of hydrogen-bond acceptors (Lipinski definition) is 3. The summed E-state index contributed by atoms with van der Waals surface area (Å²) < 4.78 is 0. The molecule has 2 amide bonds. The van der Waals surface area contributed by atoms with Crippen LogP contribution in [0.4, 0.5) is 11.4 Å². The standard InChI is InChI=1S/C17H27N3O2/c1-12(2)9-10-20(5)13(3)17(22)19-16-8-6-7-15(11-16)18-14(4)21/h6-8,11-13H,9-10H2,1-5H3,(H,18,21)(H,19,22). The van der Waals surface area contributed by atoms with Crippen molar-refractivity contribution in [3.63, 3.8) is 0 Å². The van der Waals surface area contributed by atoms with E-state index in [1.807, 2.05) is 24.9 Å². The topological polar surface area (TPSA) is 61.4 Å². The molecule has 0 spiro atoms. The highest BCUT2D eigenvalue weighted by molar-refractivity contribution is 5.95. The van der Waals surface area contributed by atoms with Gasteiger partial charge in [-0.2, -0.15) is 0 Å². The Morgan fingerprint density at radius 3 is 2.27 bits per heavy atom. The van der Waals surface area contributed by atoms with E-state index in [-0.39, 0.29) is 17.9 Å². The number of carbonyl (C=O) groups excluding carboxylic acids is 2. The Kier molecular flexibility index (Phi) is 7.05. The Labute approximate surface area is 133 Å². The highest BCUT2D eigenvalue weighted by Gasteiger charge is 2.18. The first-order valence-electron chi connectivity index (χ1n) is 7.68. The van der Waals surface area contributed by atoms with E-state index in [0.29, 0.717) is 17.3 Å². The Morgan fingerprint density at radius 1 is 1.14 bits per heavy atom. The molecule has 2 N–H and O–H groups in total. The maximum atomic E-state index is 12.3. The summed E-state index contributed by atoms with van der Waals surface area (Å²) in [4.78, 5) is 25.4. The summed E-state index contributed by atoms with van der Waals surface area (Å²) in [6.45, 7) is 8.58. The van der Waals surface area contributed by atoms with E-state index in [0.717, 1.165) is 13.0 Å². The van der Waals surface area contributed by atoms with Crippen molar-refractivity contribution in [2.24, 2.45) is 5.92 Å². The van der Waals surface area contributed by atoms with Crippen LogP contribution in [0.2, 0.25) is 0 Å². The predicted octanol–water partition coefficient (Wildman–Crippen LogP) is 2.95. The minimum absolute atomic E-state index is 0.0498. The molecule has 0 bridgehead atoms. The van der Waals surface area contributed by atoms with E-state index in [9.17, 15) is 9.59 Å². The summed E-state index contributed by atoms with van der Waals surface area (Å²) in [6.07, 6.45) is 1.06. The van der Waals surface area contributed by atoms with Crippen LogP contribution in [0.25, 0.3) is 0 Å². The predicted molar refractivity (Wildman–Crippen MR) is 90.9 cm³/mol. The molecule has 122 valence electrons. The average molecular weight is 305 g/mol. The van der Waals surface area contributed by atoms with E-state index in [4.69, 9.17) is 0 Å². The molecule has 0 aliphatic carbocycles. The van der Waals surface area contributed by atoms with Gasteiger partial charge >= 0.3 is 0 Å². The summed E-state index contributed by atoms with van der Waals surface area (Å²) in [6, 6.07) is 6.94. The largest absolute Gasteiger partial charge is 0.326 e. The third kappa shape index (κ3) is 6.26. The average Bonchev–Trinajstić information content (AvgIpc) is 2.43. The summed E-state index contributed by atoms with van der Waals surface area (Å²) in [7, 11) is 1.96. The summed E-state index contributed by atoms with van der Waals surface area (Å²) >= 11 is 0. The summed E-state index contributed by atoms with van der Waals surface area (Å²) in [5, 5.41) is 5.59. The van der Waals surface area contributed by atoms with Crippen LogP contribution in [0.3, 0.4) is 0 Å². The first-order valence-corrected chi connectivity index (χ1v) is 7.68. The molecular weight excluding hydrogens is 278 g/mol. The van der Waals surface area contributed by atoms with E-state index < -0.39 is 0 Å². The Morgan fingerprint density at radius 2 is 1.73 bits per heavy atom. The van der Waals surface area contributed by atoms with Crippen LogP contribution < -0.4 is 10.6 Å². The van der Waals surface area contributed by atoms with Gasteiger partial charge in [0.25, 0.3) is 0 Å². The normalized spacial score (nSPS) is 12.3. The molecule has 5 nitrogen and oxygen atoms in total. The second-order valence-corrected chi connectivity index (χ2v) is 6.09. The molecule has 1 atom stereocenters. The molecule has 5 heteroatoms. The van der Waals surface area contributed by atoms with E-state index in [1.165, 1.54) is 6.92 Å². The van der Waals surface area contributed by atoms with Gasteiger partial charge in [0.2, 0.25) is 11.8 Å². The molecule has 0 aliphatic rings. The van der Waals surface area contributed by atoms with Crippen LogP contribution in [-0.2, 0) is 9.59 Å². The number of carbonyl (C=O) groups is 2. The van der Waals surface area contributed by atoms with Gasteiger partial charge in [-0.1, -0.05) is 19.9 Å². The smallest absolute Gasteiger partial charge is 0.241 e. The molecule has 0 aromatic heterocycles. The number of rotatable bonds is 7. The van der Waals surface area contributed by atoms with Crippen LogP contribution in [0.5, 0.6) is 0 Å². The number of anilines is 2. The Hall–Kier alpha value is -1.88. The van der Waals surface area contributed by atoms with Crippen molar-refractivity contribution in [2.45, 2.75) is 40.2 Å². The van der Waals surface area contributed by atoms with Crippen molar-refractivity contribution in [3.05, 3.63) is 24.3 Å². The first kappa shape index (κ1) is 18.2. The lowest BCUT2D eigenvalue weighted by molar-refractivity contribution is -0.120. The second-order valence-electron chi connectivity index (χ2n) is 6.09. The van der Waals surface area contributed by atoms with Crippen LogP contribution in [-0.4, -0.2) is 36.3 Å². The second kappa shape index (κ2) is 8.54. The fourth-order valence-corrected chi connectivity index (χ4v) is 1.98. The zero-order chi connectivity index (χ0) is 16.7. The van der Waals surface area contributed by atoms with Crippen molar-refractivity contribution >= 4 is 23.2 Å². The van der Waals surface area contributed by atoms with Gasteiger partial charge in [0.1, 0.15) is 0 Å². The lowest BCUT2D eigenvalue weighted by Crippen LogP contribution is -2.40. The minimum atomic E-state index is -0.205. The van der Waals surface area contributed by atoms with Crippen molar-refractivity contribution in [2.75, 3.05) is 24.2 Å². The number of hydrogen-bond donors (Lipinski definition) is 2. The fourth-order valence-electron chi connectivity index (χ4n) is 1.98. The quantitative estimate of drug-likeness (QED) is 0.814. The molecule has 22 heavy (non-hydrogen) atoms. The highest BCUT2D eigenvalue weighted by Crippen LogP contribution is 2.16. The number of nitrogens with one attached hydrogen (secondary N) is 2. The maximum Gasteiger partial charge on any atom is 0.241 e. The molecule has 0 radical (unpaired) electrons. The van der Waals surface area contributed by atoms with Crippen LogP contribution in [0.1, 0.15) is 34.1 Å². The lowest BCUT2D eigenvalue weighted by Gasteiger charge is -2.24. The van der Waals surface area contributed by atoms with Gasteiger partial charge in [-0.15, -0.1) is 0 Å². The third-order valence-corrected chi connectivity index (χ3v) is 3.55. The van der Waals surface area contributed by atoms with Crippen molar-refractivity contribution < 1.29 is 9.59 Å². The zero-order valence-electron chi connectivity index (χ0n) is 14.1. The van der Waals surface area contributed by atoms with Gasteiger partial charge in [0.15, 0.2) is 0 Å². The van der Waals surface area contributed by atoms with Gasteiger partial charge in [-0.3, -0.25) is 14.5 Å². The van der Waals surface area contributed by atoms with Gasteiger partial charge in [0, 0.05) is 18.3 Å². The number of benzene rings is 1. The lowest BCUT2D eigenvalue weighted by atomic mass is 10.1. The fraction of sp³-hybridized carbons (Fsp3) is 0.529. The van der Waals surface area contributed by atoms with Crippen molar-refractivity contribution in [3.8, 4) is 0 Å². The molecule has 1 aromatic rings. The third-order valence-electron chi connectivity index (χ3n) is 3.55. The van der Waals surface area contributed by atoms with Gasteiger partial charge < -0.3 is 10.6 Å². The first-order chi connectivity index (χ1) is 10.3. The number of nitrogens with zero attached hydrogens (tertiary/aromatic N) is 1. The summed E-state index contributed by atoms with van der Waals surface area (Å²) in [5.41, 5.74) is 1.35. The van der Waals surface area contributed by atoms with Crippen LogP contribution >= 0.6 is 0 Å². The Bertz CT molecular complexity index is 514. The van der Waals surface area contributed by atoms with E-state index in [1.54, 1.807) is 18.2 Å². The minimum Gasteiger partial charge on any atom is -0.326 e. The molecule has 0 heterocycles. The van der Waals surface area contributed by atoms with Crippen molar-refractivity contribution in [1.82, 2.24) is 4.90 Å². The van der Waals surface area contributed by atoms with Gasteiger partial charge in [-0.05, 0) is 51.1 Å². The highest BCUT2D eigenvalue weighted by atomic mass is 16.2. The monoisotopic (exact) mass is 305 g/mol. The van der Waals surface area contributed by atoms with Crippen molar-refractivity contribution in [1.29, 1.82) is 0 Å². The SMILES string of the molecule is CC(=O)Nc1cccc(NC(=O)C(C)N(C)CCC(C)C)c1. The van der Waals surface area contributed by atoms with Crippen LogP contribution in [0.15, 0.2) is 24.3 Å². The molecule has 0 fully saturated rings. The molecular formula is C17H27N3O2. The van der Waals surface area contributed by atoms with Gasteiger partial charge in [0.05, 0.1) is 6.04 Å². The molecule has 0 saturated carbocycles. The molecule has 1 rings (SSSR count). The maximum absolute atomic E-state index is 12.3.